The Morgan fingerprint density at radius 3 is 2.26 bits per heavy atom. The molecule has 1 saturated heterocycles. The van der Waals surface area contributed by atoms with Gasteiger partial charge in [-0.2, -0.15) is 0 Å². The number of Topliss-reactive ketones (excluding diaryl/α,β-unsaturated/α-hetero) is 1. The average molecular weight is 318 g/mol. The van der Waals surface area contributed by atoms with Crippen LogP contribution in [0.4, 0.5) is 0 Å². The van der Waals surface area contributed by atoms with E-state index in [1.54, 1.807) is 12.1 Å². The van der Waals surface area contributed by atoms with Crippen molar-refractivity contribution in [1.29, 1.82) is 0 Å². The zero-order valence-electron chi connectivity index (χ0n) is 9.64. The Morgan fingerprint density at radius 1 is 0.947 bits per heavy atom. The molecule has 94 valence electrons. The second-order valence-electron chi connectivity index (χ2n) is 4.30. The number of imide groups is 1. The minimum absolute atomic E-state index is 0.553. The molecule has 3 rings (SSSR count). The maximum absolute atomic E-state index is 11.8. The molecule has 1 aliphatic rings. The van der Waals surface area contributed by atoms with Gasteiger partial charge in [0.1, 0.15) is 5.92 Å². The Hall–Kier alpha value is -2.01. The minimum atomic E-state index is -1.04. The molecule has 0 bridgehead atoms. The summed E-state index contributed by atoms with van der Waals surface area (Å²) in [7, 11) is 0. The largest absolute Gasteiger partial charge is 0.295 e. The molecule has 2 amide bonds. The normalized spacial score (nSPS) is 19.0. The highest BCUT2D eigenvalue weighted by atomic mass is 79.9. The van der Waals surface area contributed by atoms with Crippen LogP contribution in [0.3, 0.4) is 0 Å². The van der Waals surface area contributed by atoms with Crippen LogP contribution in [-0.2, 0) is 14.4 Å². The third-order valence-electron chi connectivity index (χ3n) is 3.20. The number of carbonyl (C=O) groups excluding carboxylic acids is 3. The van der Waals surface area contributed by atoms with Gasteiger partial charge in [0.2, 0.25) is 11.7 Å². The molecule has 1 fully saturated rings. The second-order valence-corrected chi connectivity index (χ2v) is 5.15. The smallest absolute Gasteiger partial charge is 0.289 e. The predicted octanol–water partition coefficient (Wildman–Crippen LogP) is 1.91. The first kappa shape index (κ1) is 12.0. The maximum Gasteiger partial charge on any atom is 0.295 e. The van der Waals surface area contributed by atoms with Gasteiger partial charge >= 0.3 is 0 Å². The molecular formula is C14H8BrNO3. The summed E-state index contributed by atoms with van der Waals surface area (Å²) < 4.78 is 0.879. The molecular weight excluding hydrogens is 310 g/mol. The Morgan fingerprint density at radius 2 is 1.63 bits per heavy atom. The Labute approximate surface area is 116 Å². The van der Waals surface area contributed by atoms with Crippen LogP contribution in [0.5, 0.6) is 0 Å². The SMILES string of the molecule is O=C1NC(=O)C(c2ccc(Br)c3ccccc23)C1=O. The van der Waals surface area contributed by atoms with Gasteiger partial charge in [-0.3, -0.25) is 19.7 Å². The van der Waals surface area contributed by atoms with Crippen molar-refractivity contribution in [1.82, 2.24) is 5.32 Å². The van der Waals surface area contributed by atoms with Crippen LogP contribution in [0.15, 0.2) is 40.9 Å². The number of amides is 2. The van der Waals surface area contributed by atoms with E-state index in [1.807, 2.05) is 24.3 Å². The van der Waals surface area contributed by atoms with E-state index in [9.17, 15) is 14.4 Å². The van der Waals surface area contributed by atoms with Crippen molar-refractivity contribution in [2.24, 2.45) is 0 Å². The van der Waals surface area contributed by atoms with Gasteiger partial charge in [-0.05, 0) is 22.4 Å². The van der Waals surface area contributed by atoms with Crippen LogP contribution in [0.1, 0.15) is 11.5 Å². The highest BCUT2D eigenvalue weighted by Gasteiger charge is 2.41. The van der Waals surface area contributed by atoms with Crippen molar-refractivity contribution in [3.8, 4) is 0 Å². The van der Waals surface area contributed by atoms with Gasteiger partial charge in [0.05, 0.1) is 0 Å². The molecule has 0 aromatic heterocycles. The number of carbonyl (C=O) groups is 3. The van der Waals surface area contributed by atoms with E-state index < -0.39 is 23.5 Å². The molecule has 0 spiro atoms. The first-order valence-corrected chi connectivity index (χ1v) is 6.45. The van der Waals surface area contributed by atoms with E-state index in [0.29, 0.717) is 5.56 Å². The summed E-state index contributed by atoms with van der Waals surface area (Å²) in [5.41, 5.74) is 0.562. The summed E-state index contributed by atoms with van der Waals surface area (Å²) in [6.07, 6.45) is 0. The molecule has 1 aliphatic heterocycles. The van der Waals surface area contributed by atoms with E-state index in [4.69, 9.17) is 0 Å². The highest BCUT2D eigenvalue weighted by molar-refractivity contribution is 9.10. The fourth-order valence-corrected chi connectivity index (χ4v) is 2.79. The molecule has 1 atom stereocenters. The van der Waals surface area contributed by atoms with Crippen molar-refractivity contribution < 1.29 is 14.4 Å². The molecule has 1 N–H and O–H groups in total. The molecule has 2 aromatic carbocycles. The van der Waals surface area contributed by atoms with Crippen LogP contribution in [0.25, 0.3) is 10.8 Å². The predicted molar refractivity (Wildman–Crippen MR) is 72.5 cm³/mol. The van der Waals surface area contributed by atoms with E-state index >= 15 is 0 Å². The van der Waals surface area contributed by atoms with Crippen molar-refractivity contribution >= 4 is 44.3 Å². The number of hydrogen-bond donors (Lipinski definition) is 1. The molecule has 1 unspecified atom stereocenters. The lowest BCUT2D eigenvalue weighted by Crippen LogP contribution is -2.22. The van der Waals surface area contributed by atoms with Crippen LogP contribution in [0.2, 0.25) is 0 Å². The van der Waals surface area contributed by atoms with Gasteiger partial charge in [-0.25, -0.2) is 0 Å². The summed E-state index contributed by atoms with van der Waals surface area (Å²) in [6.45, 7) is 0. The lowest BCUT2D eigenvalue weighted by Gasteiger charge is -2.10. The molecule has 0 aliphatic carbocycles. The summed E-state index contributed by atoms with van der Waals surface area (Å²) >= 11 is 3.43. The Kier molecular flexibility index (Phi) is 2.71. The van der Waals surface area contributed by atoms with E-state index in [-0.39, 0.29) is 0 Å². The van der Waals surface area contributed by atoms with Gasteiger partial charge in [0.15, 0.2) is 0 Å². The lowest BCUT2D eigenvalue weighted by molar-refractivity contribution is -0.135. The molecule has 4 nitrogen and oxygen atoms in total. The summed E-state index contributed by atoms with van der Waals surface area (Å²) in [5.74, 6) is -3.12. The third-order valence-corrected chi connectivity index (χ3v) is 3.89. The van der Waals surface area contributed by atoms with E-state index in [0.717, 1.165) is 15.2 Å². The second kappa shape index (κ2) is 4.28. The number of ketones is 1. The molecule has 5 heteroatoms. The van der Waals surface area contributed by atoms with Crippen LogP contribution in [0, 0.1) is 0 Å². The number of fused-ring (bicyclic) bond motifs is 1. The number of hydrogen-bond acceptors (Lipinski definition) is 3. The minimum Gasteiger partial charge on any atom is -0.289 e. The van der Waals surface area contributed by atoms with Crippen LogP contribution < -0.4 is 5.32 Å². The van der Waals surface area contributed by atoms with Gasteiger partial charge in [0.25, 0.3) is 5.91 Å². The summed E-state index contributed by atoms with van der Waals surface area (Å²) in [6, 6.07) is 10.9. The van der Waals surface area contributed by atoms with Crippen molar-refractivity contribution in [3.05, 3.63) is 46.4 Å². The molecule has 0 saturated carbocycles. The zero-order valence-corrected chi connectivity index (χ0v) is 11.2. The summed E-state index contributed by atoms with van der Waals surface area (Å²) in [5, 5.41) is 3.75. The van der Waals surface area contributed by atoms with Gasteiger partial charge in [-0.1, -0.05) is 46.3 Å². The van der Waals surface area contributed by atoms with Crippen LogP contribution >= 0.6 is 15.9 Å². The fraction of sp³-hybridized carbons (Fsp3) is 0.0714. The quantitative estimate of drug-likeness (QED) is 0.496. The molecule has 1 heterocycles. The van der Waals surface area contributed by atoms with Gasteiger partial charge in [-0.15, -0.1) is 0 Å². The van der Waals surface area contributed by atoms with E-state index in [1.165, 1.54) is 0 Å². The van der Waals surface area contributed by atoms with Crippen molar-refractivity contribution in [3.63, 3.8) is 0 Å². The van der Waals surface area contributed by atoms with Gasteiger partial charge < -0.3 is 0 Å². The molecule has 19 heavy (non-hydrogen) atoms. The number of benzene rings is 2. The number of rotatable bonds is 1. The number of nitrogens with one attached hydrogen (secondary N) is 1. The molecule has 0 radical (unpaired) electrons. The highest BCUT2D eigenvalue weighted by Crippen LogP contribution is 2.32. The van der Waals surface area contributed by atoms with Gasteiger partial charge in [0, 0.05) is 4.47 Å². The van der Waals surface area contributed by atoms with Crippen molar-refractivity contribution in [2.75, 3.05) is 0 Å². The monoisotopic (exact) mass is 317 g/mol. The standard InChI is InChI=1S/C14H8BrNO3/c15-10-6-5-9(7-3-1-2-4-8(7)10)11-12(17)14(19)16-13(11)18/h1-6,11H,(H,16,18,19). The Bertz CT molecular complexity index is 739. The van der Waals surface area contributed by atoms with Crippen LogP contribution in [-0.4, -0.2) is 17.6 Å². The van der Waals surface area contributed by atoms with Crippen molar-refractivity contribution in [2.45, 2.75) is 5.92 Å². The lowest BCUT2D eigenvalue weighted by atomic mass is 9.91. The maximum atomic E-state index is 11.8. The first-order chi connectivity index (χ1) is 9.09. The summed E-state index contributed by atoms with van der Waals surface area (Å²) in [4.78, 5) is 34.8. The average Bonchev–Trinajstić information content (AvgIpc) is 2.65. The first-order valence-electron chi connectivity index (χ1n) is 5.66. The zero-order chi connectivity index (χ0) is 13.6. The Balaban J connectivity index is 2.27. The fourth-order valence-electron chi connectivity index (χ4n) is 2.32. The topological polar surface area (TPSA) is 63.2 Å². The van der Waals surface area contributed by atoms with E-state index in [2.05, 4.69) is 21.2 Å². The third kappa shape index (κ3) is 1.77. The molecule has 2 aromatic rings. The number of halogens is 1.